The zero-order valence-corrected chi connectivity index (χ0v) is 23.5. The van der Waals surface area contributed by atoms with Crippen LogP contribution in [0.25, 0.3) is 10.9 Å². The molecule has 216 valence electrons. The van der Waals surface area contributed by atoms with Gasteiger partial charge >= 0.3 is 5.97 Å². The summed E-state index contributed by atoms with van der Waals surface area (Å²) in [6.45, 7) is 1.98. The van der Waals surface area contributed by atoms with Crippen LogP contribution < -0.4 is 15.4 Å². The smallest absolute Gasteiger partial charge is 0.309 e. The Balaban J connectivity index is 1.48. The number of cyclic esters (lactones) is 1. The van der Waals surface area contributed by atoms with Crippen molar-refractivity contribution in [2.75, 3.05) is 6.61 Å². The Morgan fingerprint density at radius 1 is 0.857 bits per heavy atom. The highest BCUT2D eigenvalue weighted by atomic mass is 16.5. The molecule has 4 aromatic rings. The van der Waals surface area contributed by atoms with Gasteiger partial charge in [-0.3, -0.25) is 14.4 Å². The van der Waals surface area contributed by atoms with Crippen LogP contribution in [0.2, 0.25) is 0 Å². The average Bonchev–Trinajstić information content (AvgIpc) is 3.42. The second-order valence-electron chi connectivity index (χ2n) is 10.4. The van der Waals surface area contributed by atoms with Gasteiger partial charge in [0.25, 0.3) is 5.91 Å². The maximum atomic E-state index is 14.0. The first-order valence-electron chi connectivity index (χ1n) is 14.2. The molecule has 2 amide bonds. The molecule has 1 aromatic heterocycles. The lowest BCUT2D eigenvalue weighted by molar-refractivity contribution is -0.144. The molecular formula is C34H35N3O5. The van der Waals surface area contributed by atoms with E-state index in [2.05, 4.69) is 15.6 Å². The van der Waals surface area contributed by atoms with Crippen molar-refractivity contribution in [1.82, 2.24) is 15.6 Å². The van der Waals surface area contributed by atoms with Crippen LogP contribution in [0.15, 0.2) is 103 Å². The Hall–Kier alpha value is -4.85. The fraction of sp³-hybridized carbons (Fsp3) is 0.265. The number of para-hydroxylation sites is 2. The number of carbonyl (C=O) groups is 3. The van der Waals surface area contributed by atoms with Crippen molar-refractivity contribution in [3.05, 3.63) is 114 Å². The topological polar surface area (TPSA) is 110 Å². The lowest BCUT2D eigenvalue weighted by Crippen LogP contribution is -2.52. The first kappa shape index (κ1) is 28.7. The van der Waals surface area contributed by atoms with E-state index in [-0.39, 0.29) is 37.7 Å². The number of aromatic amines is 1. The van der Waals surface area contributed by atoms with Crippen LogP contribution >= 0.6 is 0 Å². The minimum Gasteiger partial charge on any atom is -0.480 e. The molecule has 1 aliphatic rings. The van der Waals surface area contributed by atoms with Gasteiger partial charge in [0.1, 0.15) is 11.8 Å². The molecular weight excluding hydrogens is 530 g/mol. The van der Waals surface area contributed by atoms with Crippen molar-refractivity contribution in [1.29, 1.82) is 0 Å². The van der Waals surface area contributed by atoms with Crippen molar-refractivity contribution in [3.8, 4) is 5.75 Å². The zero-order valence-electron chi connectivity index (χ0n) is 23.5. The van der Waals surface area contributed by atoms with Gasteiger partial charge in [-0.1, -0.05) is 85.8 Å². The number of aromatic nitrogens is 1. The summed E-state index contributed by atoms with van der Waals surface area (Å²) in [5.41, 5.74) is 2.77. The monoisotopic (exact) mass is 565 g/mol. The van der Waals surface area contributed by atoms with E-state index in [1.807, 2.05) is 92.0 Å². The van der Waals surface area contributed by atoms with Gasteiger partial charge in [0.2, 0.25) is 5.91 Å². The second-order valence-corrected chi connectivity index (χ2v) is 10.4. The van der Waals surface area contributed by atoms with E-state index in [1.54, 1.807) is 18.2 Å². The number of fused-ring (bicyclic) bond motifs is 1. The van der Waals surface area contributed by atoms with E-state index in [1.165, 1.54) is 0 Å². The third kappa shape index (κ3) is 7.26. The van der Waals surface area contributed by atoms with Gasteiger partial charge in [-0.05, 0) is 35.2 Å². The first-order valence-corrected chi connectivity index (χ1v) is 14.2. The van der Waals surface area contributed by atoms with E-state index in [0.29, 0.717) is 5.75 Å². The molecule has 0 aliphatic carbocycles. The van der Waals surface area contributed by atoms with Crippen LogP contribution in [0.1, 0.15) is 36.9 Å². The highest BCUT2D eigenvalue weighted by Crippen LogP contribution is 2.25. The largest absolute Gasteiger partial charge is 0.480 e. The van der Waals surface area contributed by atoms with Crippen LogP contribution in [0.3, 0.4) is 0 Å². The summed E-state index contributed by atoms with van der Waals surface area (Å²) in [5, 5.41) is 7.13. The fourth-order valence-corrected chi connectivity index (χ4v) is 5.16. The number of carbonyl (C=O) groups excluding carboxylic acids is 3. The quantitative estimate of drug-likeness (QED) is 0.232. The Bertz CT molecular complexity index is 1530. The number of benzene rings is 3. The molecule has 5 rings (SSSR count). The van der Waals surface area contributed by atoms with Gasteiger partial charge in [0.05, 0.1) is 19.1 Å². The minimum atomic E-state index is -0.983. The van der Waals surface area contributed by atoms with Gasteiger partial charge in [-0.2, -0.15) is 0 Å². The first-order chi connectivity index (χ1) is 20.5. The van der Waals surface area contributed by atoms with Gasteiger partial charge in [-0.15, -0.1) is 0 Å². The van der Waals surface area contributed by atoms with E-state index < -0.39 is 30.1 Å². The predicted octanol–water partition coefficient (Wildman–Crippen LogP) is 5.03. The van der Waals surface area contributed by atoms with Crippen molar-refractivity contribution in [3.63, 3.8) is 0 Å². The average molecular weight is 566 g/mol. The zero-order chi connectivity index (χ0) is 29.3. The van der Waals surface area contributed by atoms with Crippen molar-refractivity contribution >= 4 is 28.7 Å². The third-order valence-corrected chi connectivity index (χ3v) is 7.40. The third-order valence-electron chi connectivity index (χ3n) is 7.40. The van der Waals surface area contributed by atoms with Gasteiger partial charge in [0, 0.05) is 29.9 Å². The van der Waals surface area contributed by atoms with E-state index in [0.717, 1.165) is 22.0 Å². The Kier molecular flexibility index (Phi) is 9.33. The standard InChI is InChI=1S/C34H35N3O5/c1-23-11-10-18-31(38)41-20-19-30(42-26-14-6-3-7-15-26)34(40)36-29(21-25-22-35-28-17-9-8-16-27(25)28)33(39)37-32(23)24-12-4-2-5-13-24/h2-17,22-23,29-30,32,35H,18-21H2,1H3,(H,36,40)(H,37,39)/b11-10+/t23-,29-,30?,32+/m0/s1. The summed E-state index contributed by atoms with van der Waals surface area (Å²) in [6.07, 6.45) is 5.03. The lowest BCUT2D eigenvalue weighted by atomic mass is 9.93. The van der Waals surface area contributed by atoms with Gasteiger partial charge in [-0.25, -0.2) is 0 Å². The highest BCUT2D eigenvalue weighted by molar-refractivity contribution is 5.91. The molecule has 1 unspecified atom stereocenters. The summed E-state index contributed by atoms with van der Waals surface area (Å²) < 4.78 is 11.5. The Morgan fingerprint density at radius 2 is 1.57 bits per heavy atom. The molecule has 42 heavy (non-hydrogen) atoms. The van der Waals surface area contributed by atoms with E-state index in [4.69, 9.17) is 9.47 Å². The van der Waals surface area contributed by atoms with Crippen molar-refractivity contribution < 1.29 is 23.9 Å². The SMILES string of the molecule is C[C@H]1/C=C/CC(=O)OCCC(Oc2ccccc2)C(=O)N[C@@H](Cc2c[nH]c3ccccc23)C(=O)N[C@H]1c1ccccc1. The molecule has 2 heterocycles. The van der Waals surface area contributed by atoms with Gasteiger partial charge in [0.15, 0.2) is 6.10 Å². The molecule has 0 saturated carbocycles. The summed E-state index contributed by atoms with van der Waals surface area (Å²) in [7, 11) is 0. The lowest BCUT2D eigenvalue weighted by Gasteiger charge is -2.28. The molecule has 3 N–H and O–H groups in total. The number of H-pyrrole nitrogens is 1. The molecule has 0 fully saturated rings. The second kappa shape index (κ2) is 13.7. The van der Waals surface area contributed by atoms with Crippen LogP contribution in [0, 0.1) is 5.92 Å². The molecule has 0 bridgehead atoms. The number of esters is 1. The maximum absolute atomic E-state index is 14.0. The molecule has 0 saturated heterocycles. The molecule has 1 aliphatic heterocycles. The Labute approximate surface area is 245 Å². The normalized spacial score (nSPS) is 23.1. The summed E-state index contributed by atoms with van der Waals surface area (Å²) in [6, 6.07) is 25.2. The summed E-state index contributed by atoms with van der Waals surface area (Å²) in [4.78, 5) is 43.4. The van der Waals surface area contributed by atoms with Crippen molar-refractivity contribution in [2.45, 2.75) is 44.4 Å². The summed E-state index contributed by atoms with van der Waals surface area (Å²) >= 11 is 0. The van der Waals surface area contributed by atoms with Gasteiger partial charge < -0.3 is 25.1 Å². The number of amides is 2. The van der Waals surface area contributed by atoms with E-state index in [9.17, 15) is 14.4 Å². The molecule has 3 aromatic carbocycles. The number of hydrogen-bond donors (Lipinski definition) is 3. The molecule has 0 radical (unpaired) electrons. The molecule has 4 atom stereocenters. The molecule has 0 spiro atoms. The van der Waals surface area contributed by atoms with E-state index >= 15 is 0 Å². The molecule has 8 heteroatoms. The number of hydrogen-bond acceptors (Lipinski definition) is 5. The summed E-state index contributed by atoms with van der Waals surface area (Å²) in [5.74, 6) is -0.825. The number of ether oxygens (including phenoxy) is 2. The van der Waals surface area contributed by atoms with Crippen LogP contribution in [0.4, 0.5) is 0 Å². The minimum absolute atomic E-state index is 0.000894. The Morgan fingerprint density at radius 3 is 2.36 bits per heavy atom. The number of nitrogens with one attached hydrogen (secondary N) is 3. The fourth-order valence-electron chi connectivity index (χ4n) is 5.16. The number of rotatable bonds is 5. The van der Waals surface area contributed by atoms with Crippen LogP contribution in [-0.4, -0.2) is 41.5 Å². The van der Waals surface area contributed by atoms with Crippen LogP contribution in [0.5, 0.6) is 5.75 Å². The molecule has 8 nitrogen and oxygen atoms in total. The maximum Gasteiger partial charge on any atom is 0.309 e. The van der Waals surface area contributed by atoms with Crippen LogP contribution in [-0.2, 0) is 25.5 Å². The predicted molar refractivity (Wildman–Crippen MR) is 161 cm³/mol. The highest BCUT2D eigenvalue weighted by Gasteiger charge is 2.31. The van der Waals surface area contributed by atoms with Crippen molar-refractivity contribution in [2.24, 2.45) is 5.92 Å².